The number of fused-ring (bicyclic) bond motifs is 1. The van der Waals surface area contributed by atoms with Crippen LogP contribution >= 0.6 is 0 Å². The predicted molar refractivity (Wildman–Crippen MR) is 129 cm³/mol. The van der Waals surface area contributed by atoms with Gasteiger partial charge in [0.05, 0.1) is 22.3 Å². The SMILES string of the molecule is Cc1ccc(S(=O)(=O)N2CC=C(c3ncc(-c4cccc(C(F)(F)F)c4)[nH]3)CC2)c2ccccc12. The molecule has 0 amide bonds. The van der Waals surface area contributed by atoms with Gasteiger partial charge >= 0.3 is 6.18 Å². The Bertz CT molecular complexity index is 1560. The van der Waals surface area contributed by atoms with Gasteiger partial charge in [-0.3, -0.25) is 0 Å². The van der Waals surface area contributed by atoms with E-state index in [9.17, 15) is 21.6 Å². The Morgan fingerprint density at radius 2 is 1.77 bits per heavy atom. The molecule has 180 valence electrons. The largest absolute Gasteiger partial charge is 0.416 e. The van der Waals surface area contributed by atoms with Gasteiger partial charge in [0.15, 0.2) is 0 Å². The molecule has 1 aliphatic rings. The first-order valence-electron chi connectivity index (χ1n) is 11.0. The summed E-state index contributed by atoms with van der Waals surface area (Å²) in [6.45, 7) is 2.40. The summed E-state index contributed by atoms with van der Waals surface area (Å²) >= 11 is 0. The highest BCUT2D eigenvalue weighted by Crippen LogP contribution is 2.33. The highest BCUT2D eigenvalue weighted by molar-refractivity contribution is 7.89. The standard InChI is InChI=1S/C26H22F3N3O2S/c1-17-9-10-24(22-8-3-2-7-21(17)22)35(33,34)32-13-11-18(12-14-32)25-30-16-23(31-25)19-5-4-6-20(15-19)26(27,28)29/h2-11,15-16H,12-14H2,1H3,(H,30,31). The van der Waals surface area contributed by atoms with Crippen molar-refractivity contribution in [2.45, 2.75) is 24.4 Å². The Kier molecular flexibility index (Phi) is 5.77. The molecule has 0 spiro atoms. The number of aromatic nitrogens is 2. The molecular weight excluding hydrogens is 475 g/mol. The molecule has 0 saturated carbocycles. The molecule has 0 radical (unpaired) electrons. The van der Waals surface area contributed by atoms with E-state index in [0.717, 1.165) is 28.7 Å². The lowest BCUT2D eigenvalue weighted by Gasteiger charge is -2.26. The molecule has 4 aromatic rings. The van der Waals surface area contributed by atoms with Crippen LogP contribution in [0.5, 0.6) is 0 Å². The van der Waals surface area contributed by atoms with Crippen LogP contribution in [0.2, 0.25) is 0 Å². The van der Waals surface area contributed by atoms with Gasteiger partial charge in [-0.1, -0.05) is 48.5 Å². The molecule has 5 nitrogen and oxygen atoms in total. The molecule has 0 unspecified atom stereocenters. The number of benzene rings is 3. The number of H-pyrrole nitrogens is 1. The molecule has 0 atom stereocenters. The Labute approximate surface area is 201 Å². The summed E-state index contributed by atoms with van der Waals surface area (Å²) in [6.07, 6.45) is -0.708. The number of hydrogen-bond donors (Lipinski definition) is 1. The summed E-state index contributed by atoms with van der Waals surface area (Å²) in [5.74, 6) is 0.523. The van der Waals surface area contributed by atoms with Crippen LogP contribution in [0.15, 0.2) is 77.8 Å². The first-order valence-corrected chi connectivity index (χ1v) is 12.5. The van der Waals surface area contributed by atoms with Gasteiger partial charge in [0.2, 0.25) is 10.0 Å². The quantitative estimate of drug-likeness (QED) is 0.374. The van der Waals surface area contributed by atoms with Crippen molar-refractivity contribution in [2.24, 2.45) is 0 Å². The highest BCUT2D eigenvalue weighted by atomic mass is 32.2. The van der Waals surface area contributed by atoms with E-state index in [0.29, 0.717) is 28.9 Å². The second kappa shape index (κ2) is 8.66. The first-order chi connectivity index (χ1) is 16.6. The average Bonchev–Trinajstić information content (AvgIpc) is 3.34. The van der Waals surface area contributed by atoms with Gasteiger partial charge in [-0.05, 0) is 48.1 Å². The first kappa shape index (κ1) is 23.3. The van der Waals surface area contributed by atoms with E-state index in [1.807, 2.05) is 37.3 Å². The Morgan fingerprint density at radius 1 is 1.00 bits per heavy atom. The van der Waals surface area contributed by atoms with Crippen LogP contribution in [-0.4, -0.2) is 35.8 Å². The lowest BCUT2D eigenvalue weighted by atomic mass is 10.1. The van der Waals surface area contributed by atoms with Gasteiger partial charge in [-0.15, -0.1) is 0 Å². The van der Waals surface area contributed by atoms with Crippen LogP contribution in [-0.2, 0) is 16.2 Å². The van der Waals surface area contributed by atoms with Crippen molar-refractivity contribution in [3.05, 3.63) is 89.9 Å². The van der Waals surface area contributed by atoms with Gasteiger partial charge in [0.1, 0.15) is 5.82 Å². The van der Waals surface area contributed by atoms with Gasteiger partial charge in [-0.2, -0.15) is 17.5 Å². The van der Waals surface area contributed by atoms with E-state index in [1.54, 1.807) is 18.2 Å². The van der Waals surface area contributed by atoms with Crippen molar-refractivity contribution in [1.29, 1.82) is 0 Å². The van der Waals surface area contributed by atoms with Crippen LogP contribution < -0.4 is 0 Å². The highest BCUT2D eigenvalue weighted by Gasteiger charge is 2.31. The summed E-state index contributed by atoms with van der Waals surface area (Å²) in [6, 6.07) is 16.0. The predicted octanol–water partition coefficient (Wildman–Crippen LogP) is 6.04. The second-order valence-corrected chi connectivity index (χ2v) is 10.4. The second-order valence-electron chi connectivity index (χ2n) is 8.49. The zero-order valence-electron chi connectivity index (χ0n) is 18.8. The third kappa shape index (κ3) is 4.37. The number of sulfonamides is 1. The van der Waals surface area contributed by atoms with E-state index >= 15 is 0 Å². The number of halogens is 3. The third-order valence-electron chi connectivity index (χ3n) is 6.27. The molecule has 0 fully saturated rings. The zero-order valence-corrected chi connectivity index (χ0v) is 19.6. The molecule has 5 rings (SSSR count). The Morgan fingerprint density at radius 3 is 2.49 bits per heavy atom. The van der Waals surface area contributed by atoms with Gasteiger partial charge < -0.3 is 4.98 Å². The number of alkyl halides is 3. The smallest absolute Gasteiger partial charge is 0.338 e. The van der Waals surface area contributed by atoms with Crippen molar-refractivity contribution >= 4 is 26.4 Å². The molecule has 1 N–H and O–H groups in total. The minimum atomic E-state index is -4.43. The molecule has 1 aliphatic heterocycles. The zero-order chi connectivity index (χ0) is 24.8. The minimum Gasteiger partial charge on any atom is -0.338 e. The molecule has 2 heterocycles. The van der Waals surface area contributed by atoms with E-state index in [-0.39, 0.29) is 18.0 Å². The molecule has 9 heteroatoms. The molecule has 0 bridgehead atoms. The maximum atomic E-state index is 13.4. The molecule has 3 aromatic carbocycles. The van der Waals surface area contributed by atoms with Crippen molar-refractivity contribution in [3.63, 3.8) is 0 Å². The van der Waals surface area contributed by atoms with E-state index in [4.69, 9.17) is 0 Å². The lowest BCUT2D eigenvalue weighted by Crippen LogP contribution is -2.34. The minimum absolute atomic E-state index is 0.180. The summed E-state index contributed by atoms with van der Waals surface area (Å²) in [5.41, 5.74) is 1.95. The number of hydrogen-bond acceptors (Lipinski definition) is 3. The normalized spacial score (nSPS) is 15.4. The Balaban J connectivity index is 1.39. The van der Waals surface area contributed by atoms with E-state index in [2.05, 4.69) is 9.97 Å². The van der Waals surface area contributed by atoms with Crippen LogP contribution in [0.3, 0.4) is 0 Å². The molecule has 1 aromatic heterocycles. The summed E-state index contributed by atoms with van der Waals surface area (Å²) in [5, 5.41) is 1.60. The van der Waals surface area contributed by atoms with Crippen LogP contribution in [0.4, 0.5) is 13.2 Å². The van der Waals surface area contributed by atoms with Crippen molar-refractivity contribution in [2.75, 3.05) is 13.1 Å². The van der Waals surface area contributed by atoms with Crippen LogP contribution in [0.25, 0.3) is 27.6 Å². The summed E-state index contributed by atoms with van der Waals surface area (Å²) in [4.78, 5) is 7.69. The maximum Gasteiger partial charge on any atom is 0.416 e. The van der Waals surface area contributed by atoms with Crippen LogP contribution in [0.1, 0.15) is 23.4 Å². The number of nitrogens with zero attached hydrogens (tertiary/aromatic N) is 2. The third-order valence-corrected chi connectivity index (χ3v) is 8.20. The summed E-state index contributed by atoms with van der Waals surface area (Å²) < 4.78 is 67.5. The number of nitrogens with one attached hydrogen (secondary N) is 1. The molecule has 0 saturated heterocycles. The monoisotopic (exact) mass is 497 g/mol. The molecule has 0 aliphatic carbocycles. The maximum absolute atomic E-state index is 13.4. The number of aromatic amines is 1. The van der Waals surface area contributed by atoms with E-state index in [1.165, 1.54) is 16.6 Å². The van der Waals surface area contributed by atoms with Gasteiger partial charge in [0.25, 0.3) is 0 Å². The van der Waals surface area contributed by atoms with Crippen molar-refractivity contribution < 1.29 is 21.6 Å². The Hall–Kier alpha value is -3.43. The number of aryl methyl sites for hydroxylation is 1. The van der Waals surface area contributed by atoms with E-state index < -0.39 is 21.8 Å². The van der Waals surface area contributed by atoms with Crippen LogP contribution in [0, 0.1) is 6.92 Å². The summed E-state index contributed by atoms with van der Waals surface area (Å²) in [7, 11) is -3.72. The average molecular weight is 498 g/mol. The van der Waals surface area contributed by atoms with Gasteiger partial charge in [0, 0.05) is 24.0 Å². The fourth-order valence-electron chi connectivity index (χ4n) is 4.36. The van der Waals surface area contributed by atoms with Gasteiger partial charge in [-0.25, -0.2) is 13.4 Å². The molecule has 35 heavy (non-hydrogen) atoms. The van der Waals surface area contributed by atoms with Crippen molar-refractivity contribution in [1.82, 2.24) is 14.3 Å². The fraction of sp³-hybridized carbons (Fsp3) is 0.192. The van der Waals surface area contributed by atoms with Crippen molar-refractivity contribution in [3.8, 4) is 11.3 Å². The number of imidazole rings is 1. The molecular formula is C26H22F3N3O2S. The topological polar surface area (TPSA) is 66.1 Å². The number of rotatable bonds is 4. The lowest BCUT2D eigenvalue weighted by molar-refractivity contribution is -0.137. The fourth-order valence-corrected chi connectivity index (χ4v) is 5.94.